The van der Waals surface area contributed by atoms with Crippen LogP contribution in [0, 0.1) is 0 Å². The van der Waals surface area contributed by atoms with Crippen LogP contribution in [-0.4, -0.2) is 17.2 Å². The predicted octanol–water partition coefficient (Wildman–Crippen LogP) is 3.22. The Hall–Kier alpha value is -2.53. The van der Waals surface area contributed by atoms with Gasteiger partial charge in [-0.1, -0.05) is 11.6 Å². The lowest BCUT2D eigenvalue weighted by Crippen LogP contribution is -2.05. The van der Waals surface area contributed by atoms with Crippen LogP contribution in [0.5, 0.6) is 11.5 Å². The van der Waals surface area contributed by atoms with Crippen LogP contribution in [0.25, 0.3) is 22.3 Å². The van der Waals surface area contributed by atoms with Crippen LogP contribution < -0.4 is 10.2 Å². The van der Waals surface area contributed by atoms with Gasteiger partial charge in [-0.2, -0.15) is 0 Å². The SMILES string of the molecule is COc1cncc2oc(-c3ccc(Cl)cc3)c(O)c(=O)c12. The summed E-state index contributed by atoms with van der Waals surface area (Å²) < 4.78 is 10.7. The van der Waals surface area contributed by atoms with Gasteiger partial charge in [0, 0.05) is 10.6 Å². The summed E-state index contributed by atoms with van der Waals surface area (Å²) in [6.07, 6.45) is 2.79. The molecule has 0 fully saturated rings. The van der Waals surface area contributed by atoms with E-state index in [-0.39, 0.29) is 22.5 Å². The standard InChI is InChI=1S/C15H10ClNO4/c1-20-10-6-17-7-11-12(10)13(18)14(19)15(21-11)8-2-4-9(16)5-3-8/h2-7,19H,1H3. The Morgan fingerprint density at radius 2 is 1.95 bits per heavy atom. The molecule has 0 saturated heterocycles. The molecule has 1 N–H and O–H groups in total. The van der Waals surface area contributed by atoms with Crippen molar-refractivity contribution in [1.82, 2.24) is 4.98 Å². The summed E-state index contributed by atoms with van der Waals surface area (Å²) in [6, 6.07) is 6.59. The number of methoxy groups -OCH3 is 1. The van der Waals surface area contributed by atoms with Gasteiger partial charge in [0.2, 0.25) is 11.2 Å². The smallest absolute Gasteiger partial charge is 0.238 e. The largest absolute Gasteiger partial charge is 0.502 e. The van der Waals surface area contributed by atoms with E-state index in [4.69, 9.17) is 20.8 Å². The highest BCUT2D eigenvalue weighted by molar-refractivity contribution is 6.30. The Bertz CT molecular complexity index is 871. The molecule has 0 spiro atoms. The number of rotatable bonds is 2. The number of pyridine rings is 1. The molecule has 21 heavy (non-hydrogen) atoms. The van der Waals surface area contributed by atoms with Crippen LogP contribution in [0.4, 0.5) is 0 Å². The normalized spacial score (nSPS) is 10.8. The van der Waals surface area contributed by atoms with E-state index in [2.05, 4.69) is 4.98 Å². The average Bonchev–Trinajstić information content (AvgIpc) is 2.51. The fourth-order valence-corrected chi connectivity index (χ4v) is 2.18. The van der Waals surface area contributed by atoms with E-state index in [0.717, 1.165) is 0 Å². The van der Waals surface area contributed by atoms with E-state index >= 15 is 0 Å². The lowest BCUT2D eigenvalue weighted by molar-refractivity contribution is 0.414. The van der Waals surface area contributed by atoms with Gasteiger partial charge in [-0.3, -0.25) is 9.78 Å². The van der Waals surface area contributed by atoms with Crippen molar-refractivity contribution in [3.63, 3.8) is 0 Å². The number of ether oxygens (including phenoxy) is 1. The maximum Gasteiger partial charge on any atom is 0.238 e. The Labute approximate surface area is 124 Å². The number of nitrogens with zero attached hydrogens (tertiary/aromatic N) is 1. The van der Waals surface area contributed by atoms with E-state index < -0.39 is 11.2 Å². The second kappa shape index (κ2) is 5.10. The van der Waals surface area contributed by atoms with Gasteiger partial charge in [0.25, 0.3) is 0 Å². The third kappa shape index (κ3) is 2.21. The topological polar surface area (TPSA) is 72.6 Å². The number of halogens is 1. The molecule has 0 bridgehead atoms. The molecule has 3 aromatic rings. The molecule has 0 aliphatic carbocycles. The third-order valence-electron chi connectivity index (χ3n) is 3.07. The molecule has 0 unspecified atom stereocenters. The molecule has 0 amide bonds. The van der Waals surface area contributed by atoms with Crippen LogP contribution in [0.15, 0.2) is 45.9 Å². The molecule has 0 radical (unpaired) electrons. The van der Waals surface area contributed by atoms with Gasteiger partial charge in [-0.15, -0.1) is 0 Å². The van der Waals surface area contributed by atoms with Gasteiger partial charge in [0.1, 0.15) is 5.39 Å². The fourth-order valence-electron chi connectivity index (χ4n) is 2.06. The summed E-state index contributed by atoms with van der Waals surface area (Å²) in [6.45, 7) is 0. The van der Waals surface area contributed by atoms with Gasteiger partial charge < -0.3 is 14.3 Å². The quantitative estimate of drug-likeness (QED) is 0.787. The van der Waals surface area contributed by atoms with E-state index in [9.17, 15) is 9.90 Å². The Balaban J connectivity index is 2.34. The first-order valence-corrected chi connectivity index (χ1v) is 6.43. The molecule has 2 aromatic heterocycles. The van der Waals surface area contributed by atoms with E-state index in [0.29, 0.717) is 10.6 Å². The van der Waals surface area contributed by atoms with E-state index in [1.807, 2.05) is 0 Å². The van der Waals surface area contributed by atoms with Crippen LogP contribution >= 0.6 is 11.6 Å². The minimum Gasteiger partial charge on any atom is -0.502 e. The van der Waals surface area contributed by atoms with Crippen LogP contribution in [0.3, 0.4) is 0 Å². The summed E-state index contributed by atoms with van der Waals surface area (Å²) in [4.78, 5) is 16.3. The molecular formula is C15H10ClNO4. The Morgan fingerprint density at radius 1 is 1.24 bits per heavy atom. The summed E-state index contributed by atoms with van der Waals surface area (Å²) in [5.41, 5.74) is 0.210. The minimum absolute atomic E-state index is 0.0687. The van der Waals surface area contributed by atoms with Gasteiger partial charge in [0.05, 0.1) is 19.5 Å². The first kappa shape index (κ1) is 13.5. The summed E-state index contributed by atoms with van der Waals surface area (Å²) in [5, 5.41) is 10.8. The number of hydrogen-bond acceptors (Lipinski definition) is 5. The zero-order valence-corrected chi connectivity index (χ0v) is 11.7. The molecule has 3 rings (SSSR count). The molecular weight excluding hydrogens is 294 g/mol. The van der Waals surface area contributed by atoms with Gasteiger partial charge in [0.15, 0.2) is 17.1 Å². The summed E-state index contributed by atoms with van der Waals surface area (Å²) >= 11 is 5.82. The number of benzene rings is 1. The maximum absolute atomic E-state index is 12.3. The summed E-state index contributed by atoms with van der Waals surface area (Å²) in [5.74, 6) is -0.159. The Morgan fingerprint density at radius 3 is 2.62 bits per heavy atom. The number of fused-ring (bicyclic) bond motifs is 1. The highest BCUT2D eigenvalue weighted by atomic mass is 35.5. The molecule has 1 aromatic carbocycles. The van der Waals surface area contributed by atoms with Crippen molar-refractivity contribution in [3.8, 4) is 22.8 Å². The second-order valence-electron chi connectivity index (χ2n) is 4.33. The molecule has 0 aliphatic heterocycles. The van der Waals surface area contributed by atoms with Crippen LogP contribution in [-0.2, 0) is 0 Å². The zero-order chi connectivity index (χ0) is 15.0. The molecule has 106 valence electrons. The van der Waals surface area contributed by atoms with Crippen LogP contribution in [0.2, 0.25) is 5.02 Å². The average molecular weight is 304 g/mol. The second-order valence-corrected chi connectivity index (χ2v) is 4.77. The fraction of sp³-hybridized carbons (Fsp3) is 0.0667. The third-order valence-corrected chi connectivity index (χ3v) is 3.32. The molecule has 0 saturated carbocycles. The van der Waals surface area contributed by atoms with Crippen molar-refractivity contribution in [3.05, 3.63) is 51.9 Å². The van der Waals surface area contributed by atoms with Crippen molar-refractivity contribution in [1.29, 1.82) is 0 Å². The first-order chi connectivity index (χ1) is 10.1. The van der Waals surface area contributed by atoms with Crippen LogP contribution in [0.1, 0.15) is 0 Å². The van der Waals surface area contributed by atoms with E-state index in [1.165, 1.54) is 19.5 Å². The number of aromatic nitrogens is 1. The van der Waals surface area contributed by atoms with Gasteiger partial charge in [-0.05, 0) is 24.3 Å². The monoisotopic (exact) mass is 303 g/mol. The van der Waals surface area contributed by atoms with E-state index in [1.54, 1.807) is 24.3 Å². The Kier molecular flexibility index (Phi) is 3.27. The van der Waals surface area contributed by atoms with Crippen molar-refractivity contribution in [2.45, 2.75) is 0 Å². The molecule has 2 heterocycles. The molecule has 0 atom stereocenters. The highest BCUT2D eigenvalue weighted by Crippen LogP contribution is 2.32. The lowest BCUT2D eigenvalue weighted by atomic mass is 10.1. The molecule has 6 heteroatoms. The van der Waals surface area contributed by atoms with Crippen molar-refractivity contribution < 1.29 is 14.3 Å². The lowest BCUT2D eigenvalue weighted by Gasteiger charge is -2.08. The molecule has 5 nitrogen and oxygen atoms in total. The minimum atomic E-state index is -0.569. The van der Waals surface area contributed by atoms with Gasteiger partial charge >= 0.3 is 0 Å². The zero-order valence-electron chi connectivity index (χ0n) is 11.0. The highest BCUT2D eigenvalue weighted by Gasteiger charge is 2.18. The molecule has 0 aliphatic rings. The van der Waals surface area contributed by atoms with Crippen molar-refractivity contribution in [2.24, 2.45) is 0 Å². The van der Waals surface area contributed by atoms with Crippen molar-refractivity contribution >= 4 is 22.6 Å². The first-order valence-electron chi connectivity index (χ1n) is 6.05. The summed E-state index contributed by atoms with van der Waals surface area (Å²) in [7, 11) is 1.42. The maximum atomic E-state index is 12.3. The number of hydrogen-bond donors (Lipinski definition) is 1. The van der Waals surface area contributed by atoms with Crippen molar-refractivity contribution in [2.75, 3.05) is 7.11 Å². The van der Waals surface area contributed by atoms with Gasteiger partial charge in [-0.25, -0.2) is 0 Å². The predicted molar refractivity (Wildman–Crippen MR) is 78.9 cm³/mol. The number of aromatic hydroxyl groups is 1.